The van der Waals surface area contributed by atoms with Crippen molar-refractivity contribution in [1.29, 1.82) is 0 Å². The van der Waals surface area contributed by atoms with Gasteiger partial charge in [0.15, 0.2) is 0 Å². The normalized spacial score (nSPS) is 12.8. The Bertz CT molecular complexity index is 690. The summed E-state index contributed by atoms with van der Waals surface area (Å²) in [6.07, 6.45) is 5.72. The van der Waals surface area contributed by atoms with Crippen LogP contribution < -0.4 is 10.4 Å². The Balaban J connectivity index is 2.42. The Morgan fingerprint density at radius 1 is 0.882 bits per heavy atom. The number of benzene rings is 2. The molecule has 0 spiro atoms. The van der Waals surface area contributed by atoms with Crippen molar-refractivity contribution in [2.75, 3.05) is 0 Å². The molecule has 1 aliphatic rings. The quantitative estimate of drug-likeness (QED) is 0.640. The first-order valence-corrected chi connectivity index (χ1v) is 6.12. The number of fused-ring (bicyclic) bond motifs is 2. The van der Waals surface area contributed by atoms with Crippen LogP contribution in [0.4, 0.5) is 0 Å². The van der Waals surface area contributed by atoms with Crippen LogP contribution in [0.5, 0.6) is 0 Å². The summed E-state index contributed by atoms with van der Waals surface area (Å²) in [5.74, 6) is 0. The molecule has 84 valence electrons. The van der Waals surface area contributed by atoms with Crippen LogP contribution in [0, 0.1) is 13.8 Å². The zero-order valence-electron chi connectivity index (χ0n) is 10.3. The van der Waals surface area contributed by atoms with E-state index in [4.69, 9.17) is 0 Å². The molecule has 0 amide bonds. The zero-order valence-corrected chi connectivity index (χ0v) is 10.3. The summed E-state index contributed by atoms with van der Waals surface area (Å²) in [6.45, 7) is 4.38. The molecule has 0 fully saturated rings. The third-order valence-corrected chi connectivity index (χ3v) is 3.60. The lowest BCUT2D eigenvalue weighted by Gasteiger charge is -2.05. The average Bonchev–Trinajstić information content (AvgIpc) is 2.51. The smallest absolute Gasteiger partial charge is 0.00822 e. The molecule has 0 unspecified atom stereocenters. The van der Waals surface area contributed by atoms with Gasteiger partial charge in [0.05, 0.1) is 0 Å². The Kier molecular flexibility index (Phi) is 2.36. The predicted octanol–water partition coefficient (Wildman–Crippen LogP) is 2.47. The molecular formula is C17H16. The van der Waals surface area contributed by atoms with Crippen LogP contribution in [0.3, 0.4) is 0 Å². The largest absolute Gasteiger partial charge is 0.0722 e. The first-order chi connectivity index (χ1) is 8.25. The fourth-order valence-corrected chi connectivity index (χ4v) is 2.57. The second-order valence-electron chi connectivity index (χ2n) is 4.78. The van der Waals surface area contributed by atoms with Gasteiger partial charge in [-0.1, -0.05) is 42.5 Å². The second kappa shape index (κ2) is 3.89. The van der Waals surface area contributed by atoms with E-state index in [9.17, 15) is 0 Å². The van der Waals surface area contributed by atoms with E-state index >= 15 is 0 Å². The molecule has 2 aromatic carbocycles. The minimum atomic E-state index is 1.03. The summed E-state index contributed by atoms with van der Waals surface area (Å²) in [7, 11) is 0. The van der Waals surface area contributed by atoms with Crippen LogP contribution in [0.25, 0.3) is 12.2 Å². The molecule has 0 saturated carbocycles. The summed E-state index contributed by atoms with van der Waals surface area (Å²) in [6, 6.07) is 13.1. The number of hydrogen-bond donors (Lipinski definition) is 0. The van der Waals surface area contributed by atoms with Gasteiger partial charge in [-0.3, -0.25) is 0 Å². The van der Waals surface area contributed by atoms with Gasteiger partial charge in [-0.05, 0) is 59.0 Å². The zero-order chi connectivity index (χ0) is 11.8. The minimum Gasteiger partial charge on any atom is -0.0722 e. The van der Waals surface area contributed by atoms with Crippen LogP contribution in [0.2, 0.25) is 0 Å². The highest BCUT2D eigenvalue weighted by Crippen LogP contribution is 2.17. The standard InChI is InChI=1S/C17H16/c1-12-5-3-7-14-9-10-15-8-4-6-13(2)17(15)11-16(12)14/h3-9,11H,10H2,1-2H3. The average molecular weight is 220 g/mol. The molecule has 0 atom stereocenters. The van der Waals surface area contributed by atoms with Crippen molar-refractivity contribution < 1.29 is 0 Å². The molecule has 0 aromatic heterocycles. The van der Waals surface area contributed by atoms with Crippen molar-refractivity contribution in [2.45, 2.75) is 20.3 Å². The highest BCUT2D eigenvalue weighted by molar-refractivity contribution is 5.62. The summed E-state index contributed by atoms with van der Waals surface area (Å²) < 4.78 is 0. The maximum absolute atomic E-state index is 2.35. The minimum absolute atomic E-state index is 1.03. The molecular weight excluding hydrogens is 204 g/mol. The third kappa shape index (κ3) is 1.70. The van der Waals surface area contributed by atoms with E-state index in [1.807, 2.05) is 0 Å². The lowest BCUT2D eigenvalue weighted by Crippen LogP contribution is -2.26. The summed E-state index contributed by atoms with van der Waals surface area (Å²) in [5, 5.41) is 2.74. The van der Waals surface area contributed by atoms with Crippen molar-refractivity contribution in [2.24, 2.45) is 0 Å². The van der Waals surface area contributed by atoms with Gasteiger partial charge in [-0.25, -0.2) is 0 Å². The molecule has 0 radical (unpaired) electrons. The molecule has 3 rings (SSSR count). The lowest BCUT2D eigenvalue weighted by molar-refractivity contribution is 1.28. The van der Waals surface area contributed by atoms with Gasteiger partial charge in [0.1, 0.15) is 0 Å². The fraction of sp³-hybridized carbons (Fsp3) is 0.176. The fourth-order valence-electron chi connectivity index (χ4n) is 2.57. The Morgan fingerprint density at radius 2 is 1.65 bits per heavy atom. The van der Waals surface area contributed by atoms with Crippen molar-refractivity contribution in [3.05, 3.63) is 69.1 Å². The van der Waals surface area contributed by atoms with Gasteiger partial charge >= 0.3 is 0 Å². The highest BCUT2D eigenvalue weighted by atomic mass is 14.1. The number of rotatable bonds is 0. The van der Waals surface area contributed by atoms with Crippen molar-refractivity contribution >= 4 is 12.2 Å². The van der Waals surface area contributed by atoms with Crippen molar-refractivity contribution in [3.63, 3.8) is 0 Å². The maximum Gasteiger partial charge on any atom is -0.00822 e. The van der Waals surface area contributed by atoms with Gasteiger partial charge in [-0.2, -0.15) is 0 Å². The first-order valence-electron chi connectivity index (χ1n) is 6.12. The van der Waals surface area contributed by atoms with Crippen molar-refractivity contribution in [1.82, 2.24) is 0 Å². The van der Waals surface area contributed by atoms with Gasteiger partial charge in [-0.15, -0.1) is 0 Å². The van der Waals surface area contributed by atoms with Crippen LogP contribution >= 0.6 is 0 Å². The Labute approximate surface area is 102 Å². The van der Waals surface area contributed by atoms with Crippen LogP contribution in [0.15, 0.2) is 36.4 Å². The van der Waals surface area contributed by atoms with Crippen LogP contribution in [-0.4, -0.2) is 0 Å². The van der Waals surface area contributed by atoms with E-state index in [1.54, 1.807) is 0 Å². The summed E-state index contributed by atoms with van der Waals surface area (Å²) >= 11 is 0. The highest BCUT2D eigenvalue weighted by Gasteiger charge is 2.05. The van der Waals surface area contributed by atoms with E-state index in [1.165, 1.54) is 32.7 Å². The molecule has 2 aromatic rings. The number of hydrogen-bond acceptors (Lipinski definition) is 0. The van der Waals surface area contributed by atoms with Gasteiger partial charge in [0.25, 0.3) is 0 Å². The number of aryl methyl sites for hydroxylation is 2. The summed E-state index contributed by atoms with van der Waals surface area (Å²) in [4.78, 5) is 0. The van der Waals surface area contributed by atoms with E-state index in [0.29, 0.717) is 0 Å². The van der Waals surface area contributed by atoms with Gasteiger partial charge in [0, 0.05) is 0 Å². The Morgan fingerprint density at radius 3 is 2.53 bits per heavy atom. The van der Waals surface area contributed by atoms with Gasteiger partial charge in [0.2, 0.25) is 0 Å². The molecule has 17 heavy (non-hydrogen) atoms. The summed E-state index contributed by atoms with van der Waals surface area (Å²) in [5.41, 5.74) is 5.55. The second-order valence-corrected chi connectivity index (χ2v) is 4.78. The predicted molar refractivity (Wildman–Crippen MR) is 73.3 cm³/mol. The van der Waals surface area contributed by atoms with E-state index in [2.05, 4.69) is 62.4 Å². The molecule has 0 N–H and O–H groups in total. The van der Waals surface area contributed by atoms with Crippen LogP contribution in [0.1, 0.15) is 22.3 Å². The molecule has 0 saturated heterocycles. The topological polar surface area (TPSA) is 0 Å². The molecule has 0 aliphatic heterocycles. The molecule has 0 heterocycles. The molecule has 0 nitrogen and oxygen atoms in total. The first kappa shape index (κ1) is 10.3. The lowest BCUT2D eigenvalue weighted by atomic mass is 9.99. The maximum atomic E-state index is 2.35. The third-order valence-electron chi connectivity index (χ3n) is 3.60. The van der Waals surface area contributed by atoms with E-state index in [-0.39, 0.29) is 0 Å². The Hall–Kier alpha value is -1.82. The molecule has 1 aliphatic carbocycles. The SMILES string of the molecule is Cc1cccc2c1C=c1c(C)cccc1=CC2. The van der Waals surface area contributed by atoms with Crippen molar-refractivity contribution in [3.8, 4) is 0 Å². The van der Waals surface area contributed by atoms with E-state index < -0.39 is 0 Å². The monoisotopic (exact) mass is 220 g/mol. The van der Waals surface area contributed by atoms with E-state index in [0.717, 1.165) is 6.42 Å². The van der Waals surface area contributed by atoms with Crippen LogP contribution in [-0.2, 0) is 6.42 Å². The van der Waals surface area contributed by atoms with Gasteiger partial charge < -0.3 is 0 Å². The molecule has 0 heteroatoms. The molecule has 0 bridgehead atoms.